The van der Waals surface area contributed by atoms with E-state index in [2.05, 4.69) is 0 Å². The summed E-state index contributed by atoms with van der Waals surface area (Å²) in [5, 5.41) is 0. The average Bonchev–Trinajstić information content (AvgIpc) is 1.95. The molecule has 0 heterocycles. The molecule has 0 aliphatic heterocycles. The van der Waals surface area contributed by atoms with Gasteiger partial charge in [0, 0.05) is 12.6 Å². The first-order chi connectivity index (χ1) is 4.83. The van der Waals surface area contributed by atoms with Crippen molar-refractivity contribution >= 4 is 0 Å². The Morgan fingerprint density at radius 1 is 1.30 bits per heavy atom. The van der Waals surface area contributed by atoms with Gasteiger partial charge in [-0.1, -0.05) is 0 Å². The summed E-state index contributed by atoms with van der Waals surface area (Å²) in [5.41, 5.74) is 7.44. The molecule has 1 rings (SSSR count). The van der Waals surface area contributed by atoms with Crippen LogP contribution in [0.5, 0.6) is 0 Å². The number of ether oxygens (including phenoxy) is 1. The highest BCUT2D eigenvalue weighted by Crippen LogP contribution is 2.20. The number of hydrogen-bond donors (Lipinski definition) is 0. The third kappa shape index (κ3) is 2.27. The summed E-state index contributed by atoms with van der Waals surface area (Å²) in [6.45, 7) is 2.86. The first-order valence-electron chi connectivity index (χ1n) is 4.15. The van der Waals surface area contributed by atoms with Crippen LogP contribution >= 0.6 is 0 Å². The fourth-order valence-electron chi connectivity index (χ4n) is 1.47. The molecule has 59 valence electrons. The molecule has 0 unspecified atom stereocenters. The highest BCUT2D eigenvalue weighted by atomic mass is 16.5. The lowest BCUT2D eigenvalue weighted by atomic mass is 9.94. The molecule has 1 fully saturated rings. The van der Waals surface area contributed by atoms with E-state index in [-0.39, 0.29) is 6.04 Å². The molecule has 10 heavy (non-hydrogen) atoms. The van der Waals surface area contributed by atoms with Crippen molar-refractivity contribution in [3.8, 4) is 0 Å². The largest absolute Gasteiger partial charge is 0.379 e. The van der Waals surface area contributed by atoms with Crippen molar-refractivity contribution in [3.63, 3.8) is 0 Å². The lowest BCUT2D eigenvalue weighted by molar-refractivity contribution is 0.0328. The van der Waals surface area contributed by atoms with Gasteiger partial charge < -0.3 is 4.74 Å². The molecule has 0 bridgehead atoms. The second-order valence-corrected chi connectivity index (χ2v) is 2.93. The van der Waals surface area contributed by atoms with E-state index in [0.717, 1.165) is 32.3 Å². The Bertz CT molecular complexity index is 87.3. The minimum absolute atomic E-state index is 0.191. The summed E-state index contributed by atoms with van der Waals surface area (Å²) in [5.74, 6) is 0. The minimum atomic E-state index is 0.191. The van der Waals surface area contributed by atoms with Gasteiger partial charge in [0.15, 0.2) is 0 Å². The number of hydrogen-bond acceptors (Lipinski definition) is 1. The predicted molar refractivity (Wildman–Crippen MR) is 40.8 cm³/mol. The van der Waals surface area contributed by atoms with Crippen molar-refractivity contribution in [1.29, 1.82) is 0 Å². The van der Waals surface area contributed by atoms with Crippen LogP contribution in [-0.4, -0.2) is 18.8 Å². The summed E-state index contributed by atoms with van der Waals surface area (Å²) in [6.07, 6.45) is 4.73. The molecule has 0 aromatic heterocycles. The molecule has 1 N–H and O–H groups in total. The van der Waals surface area contributed by atoms with Crippen molar-refractivity contribution in [2.45, 2.75) is 44.8 Å². The van der Waals surface area contributed by atoms with E-state index in [9.17, 15) is 0 Å². The standard InChI is InChI=1S/C8H16NO/c1-2-10-8-5-3-7(9)4-6-8/h7-9H,2-6H2,1H3. The molecule has 1 aliphatic carbocycles. The molecule has 1 saturated carbocycles. The average molecular weight is 142 g/mol. The van der Waals surface area contributed by atoms with Gasteiger partial charge in [-0.15, -0.1) is 0 Å². The number of rotatable bonds is 2. The third-order valence-electron chi connectivity index (χ3n) is 2.08. The van der Waals surface area contributed by atoms with Crippen LogP contribution in [0.2, 0.25) is 0 Å². The van der Waals surface area contributed by atoms with Crippen LogP contribution in [0.1, 0.15) is 32.6 Å². The van der Waals surface area contributed by atoms with Crippen molar-refractivity contribution in [3.05, 3.63) is 0 Å². The molecule has 0 aromatic rings. The summed E-state index contributed by atoms with van der Waals surface area (Å²) in [4.78, 5) is 0. The lowest BCUT2D eigenvalue weighted by Gasteiger charge is -2.24. The van der Waals surface area contributed by atoms with E-state index in [1.807, 2.05) is 6.92 Å². The predicted octanol–water partition coefficient (Wildman–Crippen LogP) is 1.62. The monoisotopic (exact) mass is 142 g/mol. The second kappa shape index (κ2) is 3.94. The Kier molecular flexibility index (Phi) is 3.16. The summed E-state index contributed by atoms with van der Waals surface area (Å²) >= 11 is 0. The lowest BCUT2D eigenvalue weighted by Crippen LogP contribution is -2.25. The van der Waals surface area contributed by atoms with Gasteiger partial charge in [-0.25, -0.2) is 0 Å². The van der Waals surface area contributed by atoms with Crippen LogP contribution < -0.4 is 5.73 Å². The Hall–Kier alpha value is -0.0800. The van der Waals surface area contributed by atoms with E-state index in [4.69, 9.17) is 10.5 Å². The zero-order valence-electron chi connectivity index (χ0n) is 6.60. The highest BCUT2D eigenvalue weighted by molar-refractivity contribution is 4.73. The topological polar surface area (TPSA) is 33.0 Å². The first-order valence-corrected chi connectivity index (χ1v) is 4.15. The molecule has 0 saturated heterocycles. The van der Waals surface area contributed by atoms with Gasteiger partial charge in [0.05, 0.1) is 6.10 Å². The Morgan fingerprint density at radius 2 is 1.90 bits per heavy atom. The fraction of sp³-hybridized carbons (Fsp3) is 1.00. The molecule has 1 radical (unpaired) electrons. The second-order valence-electron chi connectivity index (χ2n) is 2.93. The summed E-state index contributed by atoms with van der Waals surface area (Å²) < 4.78 is 5.45. The van der Waals surface area contributed by atoms with Gasteiger partial charge in [-0.3, -0.25) is 5.73 Å². The Balaban J connectivity index is 2.13. The van der Waals surface area contributed by atoms with E-state index >= 15 is 0 Å². The van der Waals surface area contributed by atoms with Gasteiger partial charge in [-0.05, 0) is 32.6 Å². The molecule has 2 nitrogen and oxygen atoms in total. The van der Waals surface area contributed by atoms with Crippen molar-refractivity contribution in [2.75, 3.05) is 6.61 Å². The Labute approximate surface area is 62.7 Å². The summed E-state index contributed by atoms with van der Waals surface area (Å²) in [6, 6.07) is 0.191. The normalized spacial score (nSPS) is 34.2. The van der Waals surface area contributed by atoms with E-state index < -0.39 is 0 Å². The van der Waals surface area contributed by atoms with Crippen molar-refractivity contribution in [1.82, 2.24) is 5.73 Å². The molecule has 0 amide bonds. The highest BCUT2D eigenvalue weighted by Gasteiger charge is 2.18. The molecule has 0 atom stereocenters. The van der Waals surface area contributed by atoms with E-state index in [1.165, 1.54) is 0 Å². The summed E-state index contributed by atoms with van der Waals surface area (Å²) in [7, 11) is 0. The molecule has 1 aliphatic rings. The minimum Gasteiger partial charge on any atom is -0.379 e. The molecular formula is C8H16NO. The zero-order chi connectivity index (χ0) is 7.40. The fourth-order valence-corrected chi connectivity index (χ4v) is 1.47. The molecular weight excluding hydrogens is 126 g/mol. The smallest absolute Gasteiger partial charge is 0.0576 e. The maximum absolute atomic E-state index is 7.44. The quantitative estimate of drug-likeness (QED) is 0.576. The number of nitrogens with one attached hydrogen (secondary N) is 1. The van der Waals surface area contributed by atoms with Crippen LogP contribution in [0, 0.1) is 0 Å². The molecule has 0 aromatic carbocycles. The van der Waals surface area contributed by atoms with Crippen LogP contribution in [0.15, 0.2) is 0 Å². The van der Waals surface area contributed by atoms with E-state index in [1.54, 1.807) is 0 Å². The van der Waals surface area contributed by atoms with E-state index in [0.29, 0.717) is 6.10 Å². The van der Waals surface area contributed by atoms with Crippen molar-refractivity contribution < 1.29 is 4.74 Å². The van der Waals surface area contributed by atoms with Gasteiger partial charge in [0.1, 0.15) is 0 Å². The van der Waals surface area contributed by atoms with Gasteiger partial charge >= 0.3 is 0 Å². The third-order valence-corrected chi connectivity index (χ3v) is 2.08. The molecule has 0 spiro atoms. The molecule has 2 heteroatoms. The SMILES string of the molecule is CCOC1CCC([NH])CC1. The zero-order valence-corrected chi connectivity index (χ0v) is 6.60. The van der Waals surface area contributed by atoms with Gasteiger partial charge in [0.2, 0.25) is 0 Å². The maximum atomic E-state index is 7.44. The van der Waals surface area contributed by atoms with Crippen LogP contribution in [0.25, 0.3) is 0 Å². The van der Waals surface area contributed by atoms with Crippen LogP contribution in [0.3, 0.4) is 0 Å². The Morgan fingerprint density at radius 3 is 2.40 bits per heavy atom. The van der Waals surface area contributed by atoms with Crippen LogP contribution in [0.4, 0.5) is 0 Å². The van der Waals surface area contributed by atoms with Gasteiger partial charge in [0.25, 0.3) is 0 Å². The van der Waals surface area contributed by atoms with Crippen LogP contribution in [-0.2, 0) is 4.74 Å². The first kappa shape index (κ1) is 8.02. The van der Waals surface area contributed by atoms with Crippen molar-refractivity contribution in [2.24, 2.45) is 0 Å². The maximum Gasteiger partial charge on any atom is 0.0576 e. The van der Waals surface area contributed by atoms with Gasteiger partial charge in [-0.2, -0.15) is 0 Å².